The highest BCUT2D eigenvalue weighted by Gasteiger charge is 2.31. The first kappa shape index (κ1) is 55.8. The van der Waals surface area contributed by atoms with Crippen LogP contribution in [0, 0.1) is 40.4 Å². The van der Waals surface area contributed by atoms with Crippen molar-refractivity contribution in [1.82, 2.24) is 29.1 Å². The number of rotatable bonds is 11. The normalized spacial score (nSPS) is 11.5. The minimum absolute atomic E-state index is 0.00208. The van der Waals surface area contributed by atoms with Gasteiger partial charge in [-0.25, -0.2) is 22.0 Å². The Morgan fingerprint density at radius 1 is 0.269 bits per heavy atom. The molecule has 16 aromatic rings. The molecule has 16 rings (SSSR count). The SMILES string of the molecule is N#Cc1c(-n2c3cc(-c4cccnc4-c4ccccc4)ccc3c3ccc(-c4cccnc4-c4ccccc4)cc32)cc(-c2c(F)c(F)c(F)c(F)c2F)cc1-n1c2cc(-c3cccnc3-c3ccccc3)ccc2c2ccc(-c3cccnc3-c3ccccc3)cc21. The van der Waals surface area contributed by atoms with E-state index in [-0.39, 0.29) is 16.9 Å². The molecule has 0 amide bonds. The highest BCUT2D eigenvalue weighted by Crippen LogP contribution is 2.47. The zero-order chi connectivity index (χ0) is 62.8. The van der Waals surface area contributed by atoms with Crippen molar-refractivity contribution < 1.29 is 22.0 Å². The monoisotopic (exact) mass is 1210 g/mol. The molecule has 6 heterocycles. The minimum atomic E-state index is -2.31. The lowest BCUT2D eigenvalue weighted by Crippen LogP contribution is -2.08. The van der Waals surface area contributed by atoms with Gasteiger partial charge in [0.1, 0.15) is 11.6 Å². The summed E-state index contributed by atoms with van der Waals surface area (Å²) in [6.45, 7) is 0. The number of hydrogen-bond donors (Lipinski definition) is 0. The summed E-state index contributed by atoms with van der Waals surface area (Å²) in [4.78, 5) is 19.5. The Labute approximate surface area is 529 Å². The molecule has 10 aromatic carbocycles. The van der Waals surface area contributed by atoms with Crippen molar-refractivity contribution in [2.75, 3.05) is 0 Å². The molecule has 0 unspecified atom stereocenters. The van der Waals surface area contributed by atoms with E-state index in [9.17, 15) is 5.26 Å². The number of pyridine rings is 4. The Morgan fingerprint density at radius 2 is 0.538 bits per heavy atom. The Bertz CT molecular complexity index is 5090. The van der Waals surface area contributed by atoms with Gasteiger partial charge in [-0.2, -0.15) is 5.26 Å². The second-order valence-corrected chi connectivity index (χ2v) is 22.6. The van der Waals surface area contributed by atoms with Crippen LogP contribution in [-0.4, -0.2) is 29.1 Å². The Balaban J connectivity index is 1.06. The van der Waals surface area contributed by atoms with Gasteiger partial charge in [-0.1, -0.05) is 194 Å². The molecule has 7 nitrogen and oxygen atoms in total. The smallest absolute Gasteiger partial charge is 0.200 e. The van der Waals surface area contributed by atoms with Gasteiger partial charge in [-0.15, -0.1) is 0 Å². The molecular formula is C81H46F5N7. The van der Waals surface area contributed by atoms with E-state index in [1.54, 1.807) is 24.8 Å². The lowest BCUT2D eigenvalue weighted by Gasteiger charge is -2.20. The molecule has 6 aromatic heterocycles. The van der Waals surface area contributed by atoms with E-state index in [0.29, 0.717) is 44.8 Å². The highest BCUT2D eigenvalue weighted by atomic mass is 19.2. The van der Waals surface area contributed by atoms with Crippen LogP contribution in [0.1, 0.15) is 5.56 Å². The van der Waals surface area contributed by atoms with Crippen molar-refractivity contribution in [3.05, 3.63) is 314 Å². The van der Waals surface area contributed by atoms with Crippen LogP contribution < -0.4 is 0 Å². The zero-order valence-corrected chi connectivity index (χ0v) is 49.1. The average molecular weight is 1210 g/mol. The van der Waals surface area contributed by atoms with Gasteiger partial charge in [-0.05, 0) is 88.5 Å². The summed E-state index contributed by atoms with van der Waals surface area (Å²) < 4.78 is 85.3. The average Bonchev–Trinajstić information content (AvgIpc) is 1.57. The van der Waals surface area contributed by atoms with Crippen LogP contribution in [0.5, 0.6) is 0 Å². The third-order valence-corrected chi connectivity index (χ3v) is 17.4. The van der Waals surface area contributed by atoms with E-state index >= 15 is 22.0 Å². The lowest BCUT2D eigenvalue weighted by molar-refractivity contribution is 0.381. The van der Waals surface area contributed by atoms with E-state index < -0.39 is 40.2 Å². The van der Waals surface area contributed by atoms with E-state index in [0.717, 1.165) is 88.3 Å². The predicted molar refractivity (Wildman–Crippen MR) is 360 cm³/mol. The van der Waals surface area contributed by atoms with Crippen LogP contribution in [0.15, 0.2) is 280 Å². The third-order valence-electron chi connectivity index (χ3n) is 17.4. The second-order valence-electron chi connectivity index (χ2n) is 22.6. The third kappa shape index (κ3) is 9.40. The number of fused-ring (bicyclic) bond motifs is 6. The maximum absolute atomic E-state index is 17.1. The molecule has 440 valence electrons. The summed E-state index contributed by atoms with van der Waals surface area (Å²) in [5.41, 5.74) is 13.2. The molecule has 0 radical (unpaired) electrons. The maximum atomic E-state index is 17.1. The molecule has 0 aliphatic heterocycles. The number of benzene rings is 10. The summed E-state index contributed by atoms with van der Waals surface area (Å²) in [7, 11) is 0. The molecule has 0 fully saturated rings. The van der Waals surface area contributed by atoms with Gasteiger partial charge in [-0.3, -0.25) is 19.9 Å². The van der Waals surface area contributed by atoms with Crippen molar-refractivity contribution in [3.8, 4) is 118 Å². The second kappa shape index (κ2) is 22.8. The minimum Gasteiger partial charge on any atom is -0.308 e. The van der Waals surface area contributed by atoms with Gasteiger partial charge < -0.3 is 9.13 Å². The molecule has 0 N–H and O–H groups in total. The largest absolute Gasteiger partial charge is 0.308 e. The lowest BCUT2D eigenvalue weighted by atomic mass is 9.97. The van der Waals surface area contributed by atoms with E-state index in [1.807, 2.05) is 252 Å². The van der Waals surface area contributed by atoms with Crippen LogP contribution in [0.25, 0.3) is 156 Å². The summed E-state index contributed by atoms with van der Waals surface area (Å²) in [5.74, 6) is -10.6. The number of nitriles is 1. The number of nitrogens with zero attached hydrogens (tertiary/aromatic N) is 7. The number of aromatic nitrogens is 6. The standard InChI is InChI=1S/C81H46F5N7/c82-73-72(74(83)76(85)77(86)75(73)84)56-45-70(92-66-41-52(57-25-13-37-88-78(57)48-17-5-1-6-18-48)29-33-61(66)62-34-30-53(42-67(62)92)58-26-14-38-89-79(58)49-19-7-2-8-20-49)65(47-87)71(46-56)93-68-43-54(59-27-15-39-90-80(59)50-21-9-3-10-22-50)31-35-63(68)64-36-32-55(44-69(64)93)60-28-16-40-91-81(60)51-23-11-4-12-24-51/h1-46H. The molecule has 0 spiro atoms. The zero-order valence-electron chi connectivity index (χ0n) is 49.1. The molecule has 0 aliphatic carbocycles. The number of halogens is 5. The molecule has 0 aliphatic rings. The van der Waals surface area contributed by atoms with Gasteiger partial charge in [0, 0.05) is 90.8 Å². The van der Waals surface area contributed by atoms with Crippen LogP contribution in [0.3, 0.4) is 0 Å². The van der Waals surface area contributed by atoms with E-state index in [1.165, 1.54) is 12.1 Å². The van der Waals surface area contributed by atoms with Crippen LogP contribution in [0.4, 0.5) is 22.0 Å². The van der Waals surface area contributed by atoms with Crippen molar-refractivity contribution in [2.45, 2.75) is 0 Å². The summed E-state index contributed by atoms with van der Waals surface area (Å²) in [5, 5.41) is 15.3. The van der Waals surface area contributed by atoms with Gasteiger partial charge in [0.2, 0.25) is 5.82 Å². The van der Waals surface area contributed by atoms with Crippen LogP contribution in [0.2, 0.25) is 0 Å². The van der Waals surface area contributed by atoms with Crippen molar-refractivity contribution in [1.29, 1.82) is 5.26 Å². The fourth-order valence-electron chi connectivity index (χ4n) is 13.2. The molecule has 93 heavy (non-hydrogen) atoms. The first-order valence-electron chi connectivity index (χ1n) is 30.0. The fourth-order valence-corrected chi connectivity index (χ4v) is 13.2. The molecular weight excluding hydrogens is 1170 g/mol. The first-order chi connectivity index (χ1) is 45.7. The molecule has 0 saturated heterocycles. The Hall–Kier alpha value is -12.5. The van der Waals surface area contributed by atoms with Crippen LogP contribution >= 0.6 is 0 Å². The highest BCUT2D eigenvalue weighted by molar-refractivity contribution is 6.14. The molecule has 12 heteroatoms. The summed E-state index contributed by atoms with van der Waals surface area (Å²) in [6.07, 6.45) is 6.92. The Kier molecular flexibility index (Phi) is 13.7. The van der Waals surface area contributed by atoms with E-state index in [2.05, 4.69) is 6.07 Å². The van der Waals surface area contributed by atoms with Gasteiger partial charge in [0.15, 0.2) is 23.3 Å². The predicted octanol–water partition coefficient (Wildman–Crippen LogP) is 21.0. The van der Waals surface area contributed by atoms with Crippen LogP contribution in [-0.2, 0) is 0 Å². The quantitative estimate of drug-likeness (QED) is 0.0732. The number of hydrogen-bond acceptors (Lipinski definition) is 5. The van der Waals surface area contributed by atoms with Gasteiger partial charge in [0.05, 0.1) is 61.8 Å². The van der Waals surface area contributed by atoms with Gasteiger partial charge >= 0.3 is 0 Å². The first-order valence-corrected chi connectivity index (χ1v) is 30.0. The molecule has 0 bridgehead atoms. The maximum Gasteiger partial charge on any atom is 0.200 e. The summed E-state index contributed by atoms with van der Waals surface area (Å²) in [6, 6.07) is 83.7. The van der Waals surface area contributed by atoms with Gasteiger partial charge in [0.25, 0.3) is 0 Å². The van der Waals surface area contributed by atoms with Crippen molar-refractivity contribution in [3.63, 3.8) is 0 Å². The summed E-state index contributed by atoms with van der Waals surface area (Å²) >= 11 is 0. The molecule has 0 saturated carbocycles. The van der Waals surface area contributed by atoms with Crippen molar-refractivity contribution >= 4 is 43.6 Å². The topological polar surface area (TPSA) is 85.2 Å². The van der Waals surface area contributed by atoms with Crippen molar-refractivity contribution in [2.24, 2.45) is 0 Å². The Morgan fingerprint density at radius 3 is 0.806 bits per heavy atom. The fraction of sp³-hybridized carbons (Fsp3) is 0. The van der Waals surface area contributed by atoms with E-state index in [4.69, 9.17) is 19.9 Å². The molecule has 0 atom stereocenters.